The molecule has 0 heterocycles. The van der Waals surface area contributed by atoms with Gasteiger partial charge < -0.3 is 14.8 Å². The van der Waals surface area contributed by atoms with Gasteiger partial charge in [-0.1, -0.05) is 12.1 Å². The Morgan fingerprint density at radius 1 is 1.08 bits per heavy atom. The number of carbonyl (C=O) groups excluding carboxylic acids is 1. The Labute approximate surface area is 147 Å². The third kappa shape index (κ3) is 6.22. The number of nitrogens with one attached hydrogen (secondary N) is 1. The van der Waals surface area contributed by atoms with Crippen molar-refractivity contribution in [1.82, 2.24) is 5.32 Å². The predicted octanol–water partition coefficient (Wildman–Crippen LogP) is 4.12. The molecule has 1 amide bonds. The molecule has 0 saturated heterocycles. The molecule has 0 fully saturated rings. The van der Waals surface area contributed by atoms with Crippen molar-refractivity contribution >= 4 is 17.7 Å². The zero-order valence-electron chi connectivity index (χ0n) is 13.3. The van der Waals surface area contributed by atoms with Crippen molar-refractivity contribution in [2.45, 2.75) is 10.4 Å². The lowest BCUT2D eigenvalue weighted by Crippen LogP contribution is -2.28. The summed E-state index contributed by atoms with van der Waals surface area (Å²) in [5.41, 5.74) is -4.07. The van der Waals surface area contributed by atoms with Crippen LogP contribution in [0.3, 0.4) is 0 Å². The van der Waals surface area contributed by atoms with Crippen LogP contribution in [0.2, 0.25) is 0 Å². The summed E-state index contributed by atoms with van der Waals surface area (Å²) in [6.45, 7) is 0.476. The molecule has 0 atom stereocenters. The van der Waals surface area contributed by atoms with Crippen LogP contribution >= 0.6 is 11.8 Å². The summed E-state index contributed by atoms with van der Waals surface area (Å²) in [5.74, 6) is 0.770. The molecule has 2 aromatic carbocycles. The van der Waals surface area contributed by atoms with E-state index in [1.807, 2.05) is 6.07 Å². The molecule has 4 nitrogen and oxygen atoms in total. The molecular weight excluding hydrogens is 355 g/mol. The van der Waals surface area contributed by atoms with Gasteiger partial charge in [0.05, 0.1) is 13.7 Å². The van der Waals surface area contributed by atoms with Crippen LogP contribution in [0.15, 0.2) is 53.4 Å². The lowest BCUT2D eigenvalue weighted by Gasteiger charge is -2.11. The second kappa shape index (κ2) is 8.66. The van der Waals surface area contributed by atoms with E-state index in [1.165, 1.54) is 31.4 Å². The Morgan fingerprint density at radius 2 is 1.72 bits per heavy atom. The normalized spacial score (nSPS) is 11.0. The first kappa shape index (κ1) is 19.0. The van der Waals surface area contributed by atoms with Crippen LogP contribution < -0.4 is 14.8 Å². The minimum absolute atomic E-state index is 0.0311. The Hall–Kier alpha value is -2.35. The third-order valence-electron chi connectivity index (χ3n) is 3.06. The van der Waals surface area contributed by atoms with Crippen LogP contribution in [0.5, 0.6) is 11.5 Å². The highest BCUT2D eigenvalue weighted by Crippen LogP contribution is 2.36. The van der Waals surface area contributed by atoms with E-state index >= 15 is 0 Å². The summed E-state index contributed by atoms with van der Waals surface area (Å²) in [7, 11) is 1.53. The Bertz CT molecular complexity index is 705. The van der Waals surface area contributed by atoms with E-state index in [0.717, 1.165) is 0 Å². The zero-order valence-corrected chi connectivity index (χ0v) is 14.1. The first-order chi connectivity index (χ1) is 11.9. The number of para-hydroxylation sites is 2. The number of amides is 1. The van der Waals surface area contributed by atoms with Gasteiger partial charge in [0.1, 0.15) is 6.61 Å². The van der Waals surface area contributed by atoms with Gasteiger partial charge >= 0.3 is 5.51 Å². The van der Waals surface area contributed by atoms with Crippen molar-refractivity contribution < 1.29 is 27.4 Å². The first-order valence-corrected chi connectivity index (χ1v) is 8.10. The molecule has 134 valence electrons. The largest absolute Gasteiger partial charge is 0.493 e. The second-order valence-electron chi connectivity index (χ2n) is 4.83. The molecule has 0 bridgehead atoms. The molecule has 2 aromatic rings. The molecule has 25 heavy (non-hydrogen) atoms. The van der Waals surface area contributed by atoms with Gasteiger partial charge in [0.2, 0.25) is 0 Å². The van der Waals surface area contributed by atoms with Crippen LogP contribution in [0.25, 0.3) is 0 Å². The molecule has 1 N–H and O–H groups in total. The lowest BCUT2D eigenvalue weighted by molar-refractivity contribution is -0.0328. The molecule has 8 heteroatoms. The molecule has 0 saturated carbocycles. The van der Waals surface area contributed by atoms with Crippen LogP contribution in [-0.2, 0) is 0 Å². The monoisotopic (exact) mass is 371 g/mol. The summed E-state index contributed by atoms with van der Waals surface area (Å²) < 4.78 is 47.4. The first-order valence-electron chi connectivity index (χ1n) is 7.29. The fourth-order valence-corrected chi connectivity index (χ4v) is 2.51. The quantitative estimate of drug-likeness (QED) is 0.588. The van der Waals surface area contributed by atoms with Crippen molar-refractivity contribution in [3.8, 4) is 11.5 Å². The SMILES string of the molecule is COc1ccccc1OCCNC(=O)c1ccc(SC(F)(F)F)cc1. The van der Waals surface area contributed by atoms with E-state index in [-0.39, 0.29) is 41.3 Å². The van der Waals surface area contributed by atoms with Crippen molar-refractivity contribution in [2.75, 3.05) is 20.3 Å². The second-order valence-corrected chi connectivity index (χ2v) is 5.97. The summed E-state index contributed by atoms with van der Waals surface area (Å²) in [4.78, 5) is 12.0. The molecule has 0 aromatic heterocycles. The maximum absolute atomic E-state index is 12.3. The van der Waals surface area contributed by atoms with E-state index in [0.29, 0.717) is 11.5 Å². The minimum atomic E-state index is -4.35. The molecule has 0 aliphatic heterocycles. The topological polar surface area (TPSA) is 47.6 Å². The summed E-state index contributed by atoms with van der Waals surface area (Å²) >= 11 is -0.220. The highest BCUT2D eigenvalue weighted by atomic mass is 32.2. The van der Waals surface area contributed by atoms with Gasteiger partial charge in [-0.25, -0.2) is 0 Å². The van der Waals surface area contributed by atoms with E-state index < -0.39 is 5.51 Å². The number of rotatable bonds is 7. The zero-order chi connectivity index (χ0) is 18.3. The van der Waals surface area contributed by atoms with Gasteiger partial charge in [-0.05, 0) is 48.2 Å². The number of hydrogen-bond donors (Lipinski definition) is 1. The van der Waals surface area contributed by atoms with Gasteiger partial charge in [-0.3, -0.25) is 4.79 Å². The van der Waals surface area contributed by atoms with Gasteiger partial charge in [-0.2, -0.15) is 13.2 Å². The molecule has 0 aliphatic rings. The number of thioether (sulfide) groups is 1. The van der Waals surface area contributed by atoms with Gasteiger partial charge in [-0.15, -0.1) is 0 Å². The summed E-state index contributed by atoms with van der Waals surface area (Å²) in [6.07, 6.45) is 0. The maximum atomic E-state index is 12.3. The highest BCUT2D eigenvalue weighted by molar-refractivity contribution is 8.00. The minimum Gasteiger partial charge on any atom is -0.493 e. The Morgan fingerprint density at radius 3 is 2.32 bits per heavy atom. The number of benzene rings is 2. The molecule has 0 aliphatic carbocycles. The fourth-order valence-electron chi connectivity index (χ4n) is 1.97. The third-order valence-corrected chi connectivity index (χ3v) is 3.80. The highest BCUT2D eigenvalue weighted by Gasteiger charge is 2.29. The lowest BCUT2D eigenvalue weighted by atomic mass is 10.2. The van der Waals surface area contributed by atoms with E-state index in [2.05, 4.69) is 5.32 Å². The van der Waals surface area contributed by atoms with Gasteiger partial charge in [0.25, 0.3) is 5.91 Å². The van der Waals surface area contributed by atoms with E-state index in [4.69, 9.17) is 9.47 Å². The Balaban J connectivity index is 1.80. The van der Waals surface area contributed by atoms with Crippen LogP contribution in [0, 0.1) is 0 Å². The summed E-state index contributed by atoms with van der Waals surface area (Å²) in [5, 5.41) is 2.64. The average Bonchev–Trinajstić information content (AvgIpc) is 2.58. The van der Waals surface area contributed by atoms with Crippen molar-refractivity contribution in [2.24, 2.45) is 0 Å². The predicted molar refractivity (Wildman–Crippen MR) is 89.2 cm³/mol. The van der Waals surface area contributed by atoms with Crippen molar-refractivity contribution in [3.63, 3.8) is 0 Å². The number of alkyl halides is 3. The van der Waals surface area contributed by atoms with E-state index in [9.17, 15) is 18.0 Å². The van der Waals surface area contributed by atoms with E-state index in [1.54, 1.807) is 18.2 Å². The maximum Gasteiger partial charge on any atom is 0.446 e. The molecule has 2 rings (SSSR count). The van der Waals surface area contributed by atoms with Crippen molar-refractivity contribution in [1.29, 1.82) is 0 Å². The van der Waals surface area contributed by atoms with Crippen LogP contribution in [-0.4, -0.2) is 31.7 Å². The smallest absolute Gasteiger partial charge is 0.446 e. The number of methoxy groups -OCH3 is 1. The number of carbonyl (C=O) groups is 1. The number of ether oxygens (including phenoxy) is 2. The molecule has 0 spiro atoms. The average molecular weight is 371 g/mol. The molecular formula is C17H16F3NO3S. The van der Waals surface area contributed by atoms with Crippen LogP contribution in [0.1, 0.15) is 10.4 Å². The molecule has 0 unspecified atom stereocenters. The number of halogens is 3. The summed E-state index contributed by atoms with van der Waals surface area (Å²) in [6, 6.07) is 12.4. The molecule has 0 radical (unpaired) electrons. The standard InChI is InChI=1S/C17H16F3NO3S/c1-23-14-4-2-3-5-15(14)24-11-10-21-16(22)12-6-8-13(9-7-12)25-17(18,19)20/h2-9H,10-11H2,1H3,(H,21,22). The van der Waals surface area contributed by atoms with Crippen LogP contribution in [0.4, 0.5) is 13.2 Å². The Kier molecular flexibility index (Phi) is 6.58. The van der Waals surface area contributed by atoms with Crippen molar-refractivity contribution in [3.05, 3.63) is 54.1 Å². The number of hydrogen-bond acceptors (Lipinski definition) is 4. The van der Waals surface area contributed by atoms with Gasteiger partial charge in [0.15, 0.2) is 11.5 Å². The van der Waals surface area contributed by atoms with Gasteiger partial charge in [0, 0.05) is 10.5 Å². The fraction of sp³-hybridized carbons (Fsp3) is 0.235.